The van der Waals surface area contributed by atoms with Crippen LogP contribution in [-0.2, 0) is 11.3 Å². The average Bonchev–Trinajstić information content (AvgIpc) is 2.92. The van der Waals surface area contributed by atoms with Crippen LogP contribution in [0.2, 0.25) is 0 Å². The number of nitrogens with one attached hydrogen (secondary N) is 2. The number of anilines is 1. The van der Waals surface area contributed by atoms with Gasteiger partial charge in [-0.3, -0.25) is 4.99 Å². The first-order valence-electron chi connectivity index (χ1n) is 7.14. The summed E-state index contributed by atoms with van der Waals surface area (Å²) in [7, 11) is 0. The van der Waals surface area contributed by atoms with Gasteiger partial charge in [0.05, 0.1) is 19.8 Å². The highest BCUT2D eigenvalue weighted by molar-refractivity contribution is 14.0. The molecular weight excluding hydrogens is 381 g/mol. The minimum Gasteiger partial charge on any atom is -0.378 e. The van der Waals surface area contributed by atoms with Crippen LogP contribution in [0.1, 0.15) is 12.5 Å². The van der Waals surface area contributed by atoms with Crippen molar-refractivity contribution in [2.24, 2.45) is 4.99 Å². The van der Waals surface area contributed by atoms with Crippen molar-refractivity contribution >= 4 is 35.8 Å². The molecule has 0 radical (unpaired) electrons. The first-order valence-corrected chi connectivity index (χ1v) is 7.14. The van der Waals surface area contributed by atoms with Gasteiger partial charge in [-0.15, -0.1) is 24.0 Å². The van der Waals surface area contributed by atoms with E-state index in [2.05, 4.69) is 38.5 Å². The van der Waals surface area contributed by atoms with Crippen molar-refractivity contribution in [1.29, 1.82) is 0 Å². The Morgan fingerprint density at radius 3 is 2.95 bits per heavy atom. The molecule has 0 saturated carbocycles. The van der Waals surface area contributed by atoms with Crippen molar-refractivity contribution in [2.45, 2.75) is 19.5 Å². The predicted molar refractivity (Wildman–Crippen MR) is 94.4 cm³/mol. The van der Waals surface area contributed by atoms with Gasteiger partial charge in [-0.2, -0.15) is 0 Å². The molecule has 7 heteroatoms. The zero-order chi connectivity index (χ0) is 13.8. The second kappa shape index (κ2) is 7.79. The number of aliphatic imine (C=N–C) groups is 1. The van der Waals surface area contributed by atoms with Crippen molar-refractivity contribution in [3.8, 4) is 0 Å². The third kappa shape index (κ3) is 4.19. The number of pyridine rings is 1. The van der Waals surface area contributed by atoms with Gasteiger partial charge in [-0.05, 0) is 13.0 Å². The summed E-state index contributed by atoms with van der Waals surface area (Å²) in [6, 6.07) is 4.52. The largest absolute Gasteiger partial charge is 0.378 e. The van der Waals surface area contributed by atoms with E-state index in [1.807, 2.05) is 12.3 Å². The molecule has 0 amide bonds. The monoisotopic (exact) mass is 403 g/mol. The van der Waals surface area contributed by atoms with E-state index in [-0.39, 0.29) is 24.0 Å². The fourth-order valence-electron chi connectivity index (χ4n) is 2.47. The highest BCUT2D eigenvalue weighted by Crippen LogP contribution is 2.18. The molecule has 0 aliphatic carbocycles. The van der Waals surface area contributed by atoms with Crippen molar-refractivity contribution in [2.75, 3.05) is 37.7 Å². The molecule has 21 heavy (non-hydrogen) atoms. The maximum atomic E-state index is 5.40. The highest BCUT2D eigenvalue weighted by Gasteiger charge is 2.17. The summed E-state index contributed by atoms with van der Waals surface area (Å²) >= 11 is 0. The summed E-state index contributed by atoms with van der Waals surface area (Å²) in [4.78, 5) is 11.2. The van der Waals surface area contributed by atoms with E-state index in [1.54, 1.807) is 0 Å². The Labute approximate surface area is 142 Å². The minimum atomic E-state index is 0. The van der Waals surface area contributed by atoms with Gasteiger partial charge in [-0.25, -0.2) is 4.98 Å². The van der Waals surface area contributed by atoms with E-state index >= 15 is 0 Å². The molecule has 1 saturated heterocycles. The lowest BCUT2D eigenvalue weighted by Crippen LogP contribution is -2.39. The summed E-state index contributed by atoms with van der Waals surface area (Å²) in [6.07, 6.45) is 1.85. The molecule has 1 atom stereocenters. The van der Waals surface area contributed by atoms with Gasteiger partial charge in [0, 0.05) is 37.4 Å². The Hall–Kier alpha value is -1.09. The van der Waals surface area contributed by atoms with Crippen molar-refractivity contribution in [1.82, 2.24) is 15.6 Å². The Kier molecular flexibility index (Phi) is 6.04. The fourth-order valence-corrected chi connectivity index (χ4v) is 2.47. The Balaban J connectivity index is 0.00000161. The van der Waals surface area contributed by atoms with Crippen molar-refractivity contribution in [3.63, 3.8) is 0 Å². The molecule has 1 fully saturated rings. The SMILES string of the molecule is CC1CN=C(NCc2cccnc2N2CCOCC2)N1.I. The number of rotatable bonds is 3. The van der Waals surface area contributed by atoms with Gasteiger partial charge in [-0.1, -0.05) is 6.07 Å². The summed E-state index contributed by atoms with van der Waals surface area (Å²) in [5, 5.41) is 6.66. The van der Waals surface area contributed by atoms with Crippen LogP contribution in [0.5, 0.6) is 0 Å². The van der Waals surface area contributed by atoms with Gasteiger partial charge in [0.2, 0.25) is 0 Å². The topological polar surface area (TPSA) is 61.8 Å². The minimum absolute atomic E-state index is 0. The molecule has 3 heterocycles. The molecule has 1 aromatic rings. The molecule has 1 aromatic heterocycles. The lowest BCUT2D eigenvalue weighted by Gasteiger charge is -2.29. The maximum absolute atomic E-state index is 5.40. The van der Waals surface area contributed by atoms with E-state index in [1.165, 1.54) is 5.56 Å². The molecule has 0 bridgehead atoms. The van der Waals surface area contributed by atoms with E-state index in [0.29, 0.717) is 6.04 Å². The molecule has 0 spiro atoms. The first kappa shape index (κ1) is 16.3. The molecule has 0 aromatic carbocycles. The summed E-state index contributed by atoms with van der Waals surface area (Å²) < 4.78 is 5.40. The van der Waals surface area contributed by atoms with Crippen LogP contribution < -0.4 is 15.5 Å². The van der Waals surface area contributed by atoms with Crippen molar-refractivity contribution < 1.29 is 4.74 Å². The van der Waals surface area contributed by atoms with Gasteiger partial charge in [0.1, 0.15) is 5.82 Å². The van der Waals surface area contributed by atoms with Crippen LogP contribution in [0.15, 0.2) is 23.3 Å². The van der Waals surface area contributed by atoms with Crippen molar-refractivity contribution in [3.05, 3.63) is 23.9 Å². The average molecular weight is 403 g/mol. The van der Waals surface area contributed by atoms with Crippen LogP contribution >= 0.6 is 24.0 Å². The zero-order valence-electron chi connectivity index (χ0n) is 12.2. The number of ether oxygens (including phenoxy) is 1. The summed E-state index contributed by atoms with van der Waals surface area (Å²) in [5.41, 5.74) is 1.19. The van der Waals surface area contributed by atoms with E-state index < -0.39 is 0 Å². The van der Waals surface area contributed by atoms with Gasteiger partial charge in [0.15, 0.2) is 5.96 Å². The highest BCUT2D eigenvalue weighted by atomic mass is 127. The normalized spacial score (nSPS) is 21.3. The molecule has 2 aliphatic rings. The number of halogens is 1. The van der Waals surface area contributed by atoms with Crippen LogP contribution in [-0.4, -0.2) is 49.8 Å². The third-order valence-corrected chi connectivity index (χ3v) is 3.53. The van der Waals surface area contributed by atoms with E-state index in [4.69, 9.17) is 4.74 Å². The Morgan fingerprint density at radius 2 is 2.24 bits per heavy atom. The standard InChI is InChI=1S/C14H21N5O.HI/c1-11-9-16-14(18-11)17-10-12-3-2-4-15-13(12)19-5-7-20-8-6-19;/h2-4,11H,5-10H2,1H3,(H2,16,17,18);1H. The third-order valence-electron chi connectivity index (χ3n) is 3.53. The second-order valence-corrected chi connectivity index (χ2v) is 5.17. The van der Waals surface area contributed by atoms with Gasteiger partial charge in [0.25, 0.3) is 0 Å². The molecule has 2 N–H and O–H groups in total. The second-order valence-electron chi connectivity index (χ2n) is 5.17. The number of hydrogen-bond acceptors (Lipinski definition) is 6. The van der Waals surface area contributed by atoms with E-state index in [0.717, 1.165) is 51.2 Å². The summed E-state index contributed by atoms with van der Waals surface area (Å²) in [5.74, 6) is 1.93. The van der Waals surface area contributed by atoms with Crippen LogP contribution in [0.4, 0.5) is 5.82 Å². The van der Waals surface area contributed by atoms with Crippen LogP contribution in [0.25, 0.3) is 0 Å². The quantitative estimate of drug-likeness (QED) is 0.737. The van der Waals surface area contributed by atoms with E-state index in [9.17, 15) is 0 Å². The fraction of sp³-hybridized carbons (Fsp3) is 0.571. The number of nitrogens with zero attached hydrogens (tertiary/aromatic N) is 3. The number of morpholine rings is 1. The molecule has 116 valence electrons. The molecule has 1 unspecified atom stereocenters. The Morgan fingerprint density at radius 1 is 1.43 bits per heavy atom. The number of guanidine groups is 1. The molecular formula is C14H22IN5O. The van der Waals surface area contributed by atoms with Gasteiger partial charge >= 0.3 is 0 Å². The van der Waals surface area contributed by atoms with Crippen LogP contribution in [0.3, 0.4) is 0 Å². The predicted octanol–water partition coefficient (Wildman–Crippen LogP) is 0.973. The van der Waals surface area contributed by atoms with Crippen LogP contribution in [0, 0.1) is 0 Å². The number of hydrogen-bond donors (Lipinski definition) is 2. The molecule has 2 aliphatic heterocycles. The lowest BCUT2D eigenvalue weighted by molar-refractivity contribution is 0.122. The number of aromatic nitrogens is 1. The zero-order valence-corrected chi connectivity index (χ0v) is 14.5. The first-order chi connectivity index (χ1) is 9.83. The summed E-state index contributed by atoms with van der Waals surface area (Å²) in [6.45, 7) is 7.05. The lowest BCUT2D eigenvalue weighted by atomic mass is 10.2. The molecule has 6 nitrogen and oxygen atoms in total. The molecule has 3 rings (SSSR count). The smallest absolute Gasteiger partial charge is 0.191 e. The Bertz CT molecular complexity index is 490. The van der Waals surface area contributed by atoms with Gasteiger partial charge < -0.3 is 20.3 Å². The maximum Gasteiger partial charge on any atom is 0.191 e.